The Morgan fingerprint density at radius 2 is 2.06 bits per heavy atom. The van der Waals surface area contributed by atoms with E-state index in [4.69, 9.17) is 14.2 Å². The minimum Gasteiger partial charge on any atom is -0.394 e. The van der Waals surface area contributed by atoms with Gasteiger partial charge in [-0.25, -0.2) is 0 Å². The van der Waals surface area contributed by atoms with Crippen molar-refractivity contribution < 1.29 is 24.1 Å². The molecular formula is C12H21NO5. The van der Waals surface area contributed by atoms with Gasteiger partial charge >= 0.3 is 0 Å². The van der Waals surface area contributed by atoms with Gasteiger partial charge in [0.25, 0.3) is 0 Å². The van der Waals surface area contributed by atoms with Crippen molar-refractivity contribution >= 4 is 5.91 Å². The molecule has 18 heavy (non-hydrogen) atoms. The summed E-state index contributed by atoms with van der Waals surface area (Å²) in [5.74, 6) is -0.760. The Hall–Kier alpha value is -0.690. The molecule has 2 heterocycles. The Labute approximate surface area is 107 Å². The van der Waals surface area contributed by atoms with Crippen LogP contribution < -0.4 is 5.32 Å². The van der Waals surface area contributed by atoms with Crippen molar-refractivity contribution in [3.63, 3.8) is 0 Å². The minimum atomic E-state index is -0.717. The summed E-state index contributed by atoms with van der Waals surface area (Å²) >= 11 is 0. The van der Waals surface area contributed by atoms with Crippen molar-refractivity contribution in [3.8, 4) is 0 Å². The predicted octanol–water partition coefficient (Wildman–Crippen LogP) is -0.208. The fraction of sp³-hybridized carbons (Fsp3) is 0.917. The number of amides is 1. The molecule has 0 aromatic carbocycles. The molecule has 0 radical (unpaired) electrons. The van der Waals surface area contributed by atoms with Crippen LogP contribution >= 0.6 is 0 Å². The van der Waals surface area contributed by atoms with Gasteiger partial charge in [-0.15, -0.1) is 0 Å². The first-order valence-corrected chi connectivity index (χ1v) is 6.34. The molecule has 6 heteroatoms. The molecule has 0 aliphatic carbocycles. The summed E-state index contributed by atoms with van der Waals surface area (Å²) in [5, 5.41) is 12.1. The first kappa shape index (κ1) is 13.7. The van der Waals surface area contributed by atoms with Crippen LogP contribution in [0.25, 0.3) is 0 Å². The molecule has 2 rings (SSSR count). The van der Waals surface area contributed by atoms with Crippen molar-refractivity contribution in [2.24, 2.45) is 0 Å². The molecule has 0 saturated carbocycles. The highest BCUT2D eigenvalue weighted by molar-refractivity contribution is 5.75. The average Bonchev–Trinajstić information content (AvgIpc) is 2.65. The molecule has 2 aliphatic rings. The summed E-state index contributed by atoms with van der Waals surface area (Å²) in [6.45, 7) is 5.65. The fourth-order valence-corrected chi connectivity index (χ4v) is 2.42. The van der Waals surface area contributed by atoms with E-state index in [1.807, 2.05) is 13.8 Å². The highest BCUT2D eigenvalue weighted by Gasteiger charge is 2.51. The van der Waals surface area contributed by atoms with Gasteiger partial charge in [-0.05, 0) is 13.8 Å². The maximum absolute atomic E-state index is 11.5. The maximum atomic E-state index is 11.5. The molecule has 0 spiro atoms. The molecule has 4 atom stereocenters. The Balaban J connectivity index is 2.09. The number of carbonyl (C=O) groups excluding carboxylic acids is 1. The van der Waals surface area contributed by atoms with Crippen LogP contribution in [-0.2, 0) is 19.0 Å². The summed E-state index contributed by atoms with van der Waals surface area (Å²) in [6, 6.07) is -0.230. The molecule has 0 aromatic rings. The van der Waals surface area contributed by atoms with E-state index >= 15 is 0 Å². The third kappa shape index (κ3) is 2.66. The highest BCUT2D eigenvalue weighted by atomic mass is 16.8. The number of aliphatic hydroxyl groups excluding tert-OH is 1. The van der Waals surface area contributed by atoms with Gasteiger partial charge in [0.05, 0.1) is 19.3 Å². The zero-order valence-corrected chi connectivity index (χ0v) is 11.0. The number of aliphatic hydroxyl groups is 1. The predicted molar refractivity (Wildman–Crippen MR) is 62.9 cm³/mol. The topological polar surface area (TPSA) is 77.0 Å². The van der Waals surface area contributed by atoms with Crippen molar-refractivity contribution in [2.75, 3.05) is 13.2 Å². The smallest absolute Gasteiger partial charge is 0.220 e. The van der Waals surface area contributed by atoms with E-state index in [0.717, 1.165) is 0 Å². The van der Waals surface area contributed by atoms with E-state index in [1.165, 1.54) is 0 Å². The SMILES string of the molecule is CCC(=O)N[C@H]1CO[C@H](CO)[C@@H]2OC(C)(C)O[C@@H]21. The van der Waals surface area contributed by atoms with Gasteiger partial charge in [0.1, 0.15) is 18.3 Å². The lowest BCUT2D eigenvalue weighted by Crippen LogP contribution is -2.58. The Morgan fingerprint density at radius 1 is 1.39 bits per heavy atom. The molecule has 0 unspecified atom stereocenters. The molecule has 2 saturated heterocycles. The summed E-state index contributed by atoms with van der Waals surface area (Å²) < 4.78 is 17.1. The zero-order valence-electron chi connectivity index (χ0n) is 11.0. The van der Waals surface area contributed by atoms with E-state index in [0.29, 0.717) is 13.0 Å². The van der Waals surface area contributed by atoms with Crippen molar-refractivity contribution in [2.45, 2.75) is 57.3 Å². The monoisotopic (exact) mass is 259 g/mol. The van der Waals surface area contributed by atoms with Crippen LogP contribution in [0.3, 0.4) is 0 Å². The second-order valence-electron chi connectivity index (χ2n) is 5.15. The summed E-state index contributed by atoms with van der Waals surface area (Å²) in [4.78, 5) is 11.5. The third-order valence-corrected chi connectivity index (χ3v) is 3.26. The van der Waals surface area contributed by atoms with Gasteiger partial charge in [-0.2, -0.15) is 0 Å². The van der Waals surface area contributed by atoms with Crippen LogP contribution in [0, 0.1) is 0 Å². The molecular weight excluding hydrogens is 238 g/mol. The largest absolute Gasteiger partial charge is 0.394 e. The normalized spacial score (nSPS) is 38.2. The van der Waals surface area contributed by atoms with Gasteiger partial charge < -0.3 is 24.6 Å². The quantitative estimate of drug-likeness (QED) is 0.733. The molecule has 104 valence electrons. The van der Waals surface area contributed by atoms with Crippen LogP contribution in [0.15, 0.2) is 0 Å². The molecule has 2 N–H and O–H groups in total. The van der Waals surface area contributed by atoms with Gasteiger partial charge in [-0.3, -0.25) is 4.79 Å². The van der Waals surface area contributed by atoms with Crippen LogP contribution in [-0.4, -0.2) is 54.4 Å². The molecule has 0 aromatic heterocycles. The first-order chi connectivity index (χ1) is 8.46. The molecule has 2 fully saturated rings. The lowest BCUT2D eigenvalue weighted by molar-refractivity contribution is -0.157. The van der Waals surface area contributed by atoms with Crippen molar-refractivity contribution in [3.05, 3.63) is 0 Å². The maximum Gasteiger partial charge on any atom is 0.220 e. The van der Waals surface area contributed by atoms with Gasteiger partial charge in [0, 0.05) is 6.42 Å². The number of carbonyl (C=O) groups is 1. The van der Waals surface area contributed by atoms with E-state index in [1.54, 1.807) is 6.92 Å². The highest BCUT2D eigenvalue weighted by Crippen LogP contribution is 2.35. The van der Waals surface area contributed by atoms with Crippen molar-refractivity contribution in [1.29, 1.82) is 0 Å². The van der Waals surface area contributed by atoms with Gasteiger partial charge in [0.15, 0.2) is 5.79 Å². The first-order valence-electron chi connectivity index (χ1n) is 6.34. The van der Waals surface area contributed by atoms with Crippen LogP contribution in [0.1, 0.15) is 27.2 Å². The molecule has 1 amide bonds. The molecule has 2 aliphatic heterocycles. The fourth-order valence-electron chi connectivity index (χ4n) is 2.42. The van der Waals surface area contributed by atoms with E-state index in [-0.39, 0.29) is 30.8 Å². The number of rotatable bonds is 3. The van der Waals surface area contributed by atoms with Crippen LogP contribution in [0.4, 0.5) is 0 Å². The van der Waals surface area contributed by atoms with Gasteiger partial charge in [-0.1, -0.05) is 6.92 Å². The molecule has 0 bridgehead atoms. The number of ether oxygens (including phenoxy) is 3. The van der Waals surface area contributed by atoms with Crippen molar-refractivity contribution in [1.82, 2.24) is 5.32 Å². The average molecular weight is 259 g/mol. The Morgan fingerprint density at radius 3 is 2.67 bits per heavy atom. The number of fused-ring (bicyclic) bond motifs is 1. The minimum absolute atomic E-state index is 0.0434. The number of nitrogens with one attached hydrogen (secondary N) is 1. The number of hydrogen-bond acceptors (Lipinski definition) is 5. The second kappa shape index (κ2) is 5.13. The van der Waals surface area contributed by atoms with E-state index in [9.17, 15) is 9.90 Å². The standard InChI is InChI=1S/C12H21NO5/c1-4-9(15)13-7-6-16-8(5-14)11-10(7)17-12(2,3)18-11/h7-8,10-11,14H,4-6H2,1-3H3,(H,13,15)/t7-,8+,10+,11-/m0/s1. The lowest BCUT2D eigenvalue weighted by atomic mass is 9.98. The lowest BCUT2D eigenvalue weighted by Gasteiger charge is -2.36. The Kier molecular flexibility index (Phi) is 3.91. The third-order valence-electron chi connectivity index (χ3n) is 3.26. The van der Waals surface area contributed by atoms with Crippen LogP contribution in [0.2, 0.25) is 0 Å². The van der Waals surface area contributed by atoms with Crippen LogP contribution in [0.5, 0.6) is 0 Å². The zero-order chi connectivity index (χ0) is 13.3. The summed E-state index contributed by atoms with van der Waals surface area (Å²) in [7, 11) is 0. The Bertz CT molecular complexity index is 320. The summed E-state index contributed by atoms with van der Waals surface area (Å²) in [5.41, 5.74) is 0. The van der Waals surface area contributed by atoms with Gasteiger partial charge in [0.2, 0.25) is 5.91 Å². The van der Waals surface area contributed by atoms with E-state index < -0.39 is 11.9 Å². The summed E-state index contributed by atoms with van der Waals surface area (Å²) in [6.07, 6.45) is -0.601. The number of hydrogen-bond donors (Lipinski definition) is 2. The van der Waals surface area contributed by atoms with E-state index in [2.05, 4.69) is 5.32 Å². The molecule has 6 nitrogen and oxygen atoms in total. The second-order valence-corrected chi connectivity index (χ2v) is 5.15.